The number of rotatable bonds is 4. The number of amides is 1. The second-order valence-corrected chi connectivity index (χ2v) is 5.75. The molecule has 1 aromatic heterocycles. The molecule has 2 atom stereocenters. The molecule has 2 rings (SSSR count). The Kier molecular flexibility index (Phi) is 3.84. The van der Waals surface area contributed by atoms with E-state index in [1.807, 2.05) is 11.4 Å². The summed E-state index contributed by atoms with van der Waals surface area (Å²) < 4.78 is 0. The van der Waals surface area contributed by atoms with Crippen LogP contribution >= 0.6 is 11.3 Å². The summed E-state index contributed by atoms with van der Waals surface area (Å²) in [7, 11) is 0. The lowest BCUT2D eigenvalue weighted by molar-refractivity contribution is -0.131. The van der Waals surface area contributed by atoms with E-state index >= 15 is 0 Å². The molecule has 0 bridgehead atoms. The van der Waals surface area contributed by atoms with Crippen LogP contribution in [0.5, 0.6) is 0 Å². The molecule has 4 heteroatoms. The van der Waals surface area contributed by atoms with Crippen molar-refractivity contribution in [2.75, 3.05) is 13.1 Å². The lowest BCUT2D eigenvalue weighted by Crippen LogP contribution is -2.42. The number of carbonyl (C=O) groups is 1. The van der Waals surface area contributed by atoms with E-state index in [0.717, 1.165) is 25.9 Å². The van der Waals surface area contributed by atoms with Gasteiger partial charge in [-0.2, -0.15) is 0 Å². The zero-order valence-corrected chi connectivity index (χ0v) is 11.3. The van der Waals surface area contributed by atoms with Crippen LogP contribution < -0.4 is 10.6 Å². The largest absolute Gasteiger partial charge is 0.348 e. The summed E-state index contributed by atoms with van der Waals surface area (Å²) in [6, 6.07) is 4.21. The lowest BCUT2D eigenvalue weighted by Gasteiger charge is -2.27. The van der Waals surface area contributed by atoms with Crippen molar-refractivity contribution in [3.8, 4) is 0 Å². The average Bonchev–Trinajstić information content (AvgIpc) is 3.01. The molecule has 1 amide bonds. The van der Waals surface area contributed by atoms with E-state index in [1.54, 1.807) is 11.3 Å². The minimum atomic E-state index is -0.189. The Bertz CT molecular complexity index is 369. The van der Waals surface area contributed by atoms with Gasteiger partial charge in [-0.25, -0.2) is 0 Å². The third kappa shape index (κ3) is 2.53. The van der Waals surface area contributed by atoms with Gasteiger partial charge in [-0.05, 0) is 37.8 Å². The maximum absolute atomic E-state index is 12.4. The van der Waals surface area contributed by atoms with E-state index in [1.165, 1.54) is 4.88 Å². The van der Waals surface area contributed by atoms with Crippen LogP contribution in [0.15, 0.2) is 17.5 Å². The Balaban J connectivity index is 2.01. The topological polar surface area (TPSA) is 41.1 Å². The van der Waals surface area contributed by atoms with Crippen molar-refractivity contribution in [3.05, 3.63) is 22.4 Å². The fraction of sp³-hybridized carbons (Fsp3) is 0.615. The average molecular weight is 252 g/mol. The molecule has 2 unspecified atom stereocenters. The minimum Gasteiger partial charge on any atom is -0.348 e. The summed E-state index contributed by atoms with van der Waals surface area (Å²) in [4.78, 5) is 13.6. The fourth-order valence-electron chi connectivity index (χ4n) is 2.36. The summed E-state index contributed by atoms with van der Waals surface area (Å²) in [5, 5.41) is 8.49. The van der Waals surface area contributed by atoms with Crippen molar-refractivity contribution in [2.24, 2.45) is 5.41 Å². The molecule has 0 saturated carbocycles. The van der Waals surface area contributed by atoms with Gasteiger partial charge in [0.15, 0.2) is 0 Å². The highest BCUT2D eigenvalue weighted by atomic mass is 32.1. The Hall–Kier alpha value is -0.870. The summed E-state index contributed by atoms with van der Waals surface area (Å²) in [6.45, 7) is 5.92. The van der Waals surface area contributed by atoms with Gasteiger partial charge >= 0.3 is 0 Å². The first-order chi connectivity index (χ1) is 8.18. The van der Waals surface area contributed by atoms with E-state index < -0.39 is 0 Å². The minimum absolute atomic E-state index is 0.117. The molecular formula is C13H20N2OS. The Morgan fingerprint density at radius 1 is 1.71 bits per heavy atom. The fourth-order valence-corrected chi connectivity index (χ4v) is 3.09. The standard InChI is InChI=1S/C13H20N2OS/c1-3-13(6-7-14-9-13)12(16)15-10(2)11-5-4-8-17-11/h4-5,8,10,14H,3,6-7,9H2,1-2H3,(H,15,16). The molecule has 17 heavy (non-hydrogen) atoms. The van der Waals surface area contributed by atoms with Gasteiger partial charge in [0.05, 0.1) is 11.5 Å². The first kappa shape index (κ1) is 12.6. The molecule has 1 aliphatic heterocycles. The van der Waals surface area contributed by atoms with Crippen molar-refractivity contribution in [2.45, 2.75) is 32.7 Å². The van der Waals surface area contributed by atoms with Crippen LogP contribution in [0.4, 0.5) is 0 Å². The summed E-state index contributed by atoms with van der Waals surface area (Å²) >= 11 is 1.69. The van der Waals surface area contributed by atoms with E-state index in [9.17, 15) is 4.79 Å². The predicted molar refractivity (Wildman–Crippen MR) is 71.1 cm³/mol. The SMILES string of the molecule is CCC1(C(=O)NC(C)c2cccs2)CCNC1. The molecule has 0 spiro atoms. The van der Waals surface area contributed by atoms with Crippen LogP contribution in [-0.2, 0) is 4.79 Å². The van der Waals surface area contributed by atoms with Crippen LogP contribution in [0.1, 0.15) is 37.6 Å². The number of thiophene rings is 1. The molecule has 2 heterocycles. The van der Waals surface area contributed by atoms with Gasteiger partial charge in [0.25, 0.3) is 0 Å². The molecule has 2 N–H and O–H groups in total. The summed E-state index contributed by atoms with van der Waals surface area (Å²) in [6.07, 6.45) is 1.86. The van der Waals surface area contributed by atoms with Crippen LogP contribution in [0, 0.1) is 5.41 Å². The van der Waals surface area contributed by atoms with E-state index in [2.05, 4.69) is 30.5 Å². The van der Waals surface area contributed by atoms with Crippen LogP contribution in [0.3, 0.4) is 0 Å². The summed E-state index contributed by atoms with van der Waals surface area (Å²) in [5.74, 6) is 0.200. The number of hydrogen-bond donors (Lipinski definition) is 2. The molecule has 0 aromatic carbocycles. The molecule has 1 fully saturated rings. The first-order valence-corrected chi connectivity index (χ1v) is 7.11. The van der Waals surface area contributed by atoms with E-state index in [-0.39, 0.29) is 17.4 Å². The van der Waals surface area contributed by atoms with Crippen LogP contribution in [0.25, 0.3) is 0 Å². The Morgan fingerprint density at radius 2 is 2.53 bits per heavy atom. The monoisotopic (exact) mass is 252 g/mol. The van der Waals surface area contributed by atoms with Gasteiger partial charge in [-0.15, -0.1) is 11.3 Å². The molecule has 1 aliphatic rings. The zero-order valence-electron chi connectivity index (χ0n) is 10.5. The van der Waals surface area contributed by atoms with Crippen LogP contribution in [0.2, 0.25) is 0 Å². The molecule has 94 valence electrons. The van der Waals surface area contributed by atoms with Crippen LogP contribution in [-0.4, -0.2) is 19.0 Å². The lowest BCUT2D eigenvalue weighted by atomic mass is 9.83. The smallest absolute Gasteiger partial charge is 0.228 e. The number of hydrogen-bond acceptors (Lipinski definition) is 3. The Morgan fingerprint density at radius 3 is 3.06 bits per heavy atom. The van der Waals surface area contributed by atoms with Gasteiger partial charge in [-0.1, -0.05) is 13.0 Å². The van der Waals surface area contributed by atoms with Gasteiger partial charge in [0, 0.05) is 11.4 Å². The highest BCUT2D eigenvalue weighted by Crippen LogP contribution is 2.30. The quantitative estimate of drug-likeness (QED) is 0.863. The molecule has 0 aliphatic carbocycles. The van der Waals surface area contributed by atoms with Gasteiger partial charge in [0.1, 0.15) is 0 Å². The van der Waals surface area contributed by atoms with Crippen molar-refractivity contribution in [1.82, 2.24) is 10.6 Å². The number of carbonyl (C=O) groups excluding carboxylic acids is 1. The van der Waals surface area contributed by atoms with Crippen molar-refractivity contribution < 1.29 is 4.79 Å². The number of nitrogens with one attached hydrogen (secondary N) is 2. The zero-order chi connectivity index (χ0) is 12.3. The second-order valence-electron chi connectivity index (χ2n) is 4.77. The molecular weight excluding hydrogens is 232 g/mol. The van der Waals surface area contributed by atoms with Gasteiger partial charge < -0.3 is 10.6 Å². The maximum atomic E-state index is 12.4. The molecule has 1 saturated heterocycles. The van der Waals surface area contributed by atoms with Crippen molar-refractivity contribution >= 4 is 17.2 Å². The second kappa shape index (κ2) is 5.19. The van der Waals surface area contributed by atoms with E-state index in [4.69, 9.17) is 0 Å². The predicted octanol–water partition coefficient (Wildman–Crippen LogP) is 2.32. The normalized spacial score (nSPS) is 25.8. The highest BCUT2D eigenvalue weighted by molar-refractivity contribution is 7.10. The molecule has 3 nitrogen and oxygen atoms in total. The first-order valence-electron chi connectivity index (χ1n) is 6.23. The third-order valence-corrected chi connectivity index (χ3v) is 4.77. The summed E-state index contributed by atoms with van der Waals surface area (Å²) in [5.41, 5.74) is -0.189. The molecule has 1 aromatic rings. The maximum Gasteiger partial charge on any atom is 0.228 e. The van der Waals surface area contributed by atoms with E-state index in [0.29, 0.717) is 0 Å². The molecule has 0 radical (unpaired) electrons. The third-order valence-electron chi connectivity index (χ3n) is 3.72. The highest BCUT2D eigenvalue weighted by Gasteiger charge is 2.39. The van der Waals surface area contributed by atoms with Crippen molar-refractivity contribution in [3.63, 3.8) is 0 Å². The Labute approximate surface area is 107 Å². The van der Waals surface area contributed by atoms with Crippen molar-refractivity contribution in [1.29, 1.82) is 0 Å². The van der Waals surface area contributed by atoms with Gasteiger partial charge in [-0.3, -0.25) is 4.79 Å². The van der Waals surface area contributed by atoms with Gasteiger partial charge in [0.2, 0.25) is 5.91 Å².